The molecule has 2 rings (SSSR count). The SMILES string of the molecule is CC(C)CN1CCCC1.CC(C)CN1CCOCC1. The number of ether oxygens (including phenoxy) is 1. The molecule has 0 aromatic carbocycles. The van der Waals surface area contributed by atoms with Crippen molar-refractivity contribution in [1.29, 1.82) is 0 Å². The van der Waals surface area contributed by atoms with Crippen LogP contribution >= 0.6 is 0 Å². The highest BCUT2D eigenvalue weighted by Crippen LogP contribution is 2.09. The van der Waals surface area contributed by atoms with E-state index in [1.54, 1.807) is 0 Å². The second-order valence-electron chi connectivity index (χ2n) is 6.71. The van der Waals surface area contributed by atoms with Crippen LogP contribution in [0.15, 0.2) is 0 Å². The van der Waals surface area contributed by atoms with Gasteiger partial charge in [0.2, 0.25) is 0 Å². The highest BCUT2D eigenvalue weighted by molar-refractivity contribution is 4.66. The van der Waals surface area contributed by atoms with Crippen molar-refractivity contribution >= 4 is 0 Å². The van der Waals surface area contributed by atoms with Crippen molar-refractivity contribution in [2.75, 3.05) is 52.5 Å². The second kappa shape index (κ2) is 9.73. The van der Waals surface area contributed by atoms with Gasteiger partial charge in [-0.05, 0) is 37.8 Å². The molecule has 19 heavy (non-hydrogen) atoms. The topological polar surface area (TPSA) is 15.7 Å². The fraction of sp³-hybridized carbons (Fsp3) is 1.00. The first-order valence-electron chi connectivity index (χ1n) is 8.10. The van der Waals surface area contributed by atoms with Gasteiger partial charge in [0.25, 0.3) is 0 Å². The van der Waals surface area contributed by atoms with Crippen LogP contribution in [0.2, 0.25) is 0 Å². The lowest BCUT2D eigenvalue weighted by molar-refractivity contribution is 0.0329. The predicted molar refractivity (Wildman–Crippen MR) is 82.6 cm³/mol. The molecule has 0 unspecified atom stereocenters. The molecule has 2 aliphatic heterocycles. The van der Waals surface area contributed by atoms with Crippen LogP contribution in [0.5, 0.6) is 0 Å². The lowest BCUT2D eigenvalue weighted by Gasteiger charge is -2.27. The fourth-order valence-corrected chi connectivity index (χ4v) is 2.78. The molecule has 3 nitrogen and oxygen atoms in total. The Morgan fingerprint density at radius 1 is 0.737 bits per heavy atom. The fourth-order valence-electron chi connectivity index (χ4n) is 2.78. The van der Waals surface area contributed by atoms with Crippen LogP contribution in [0.25, 0.3) is 0 Å². The van der Waals surface area contributed by atoms with Crippen molar-refractivity contribution in [1.82, 2.24) is 9.80 Å². The Kier molecular flexibility index (Phi) is 8.67. The van der Waals surface area contributed by atoms with Gasteiger partial charge in [-0.3, -0.25) is 4.90 Å². The van der Waals surface area contributed by atoms with Crippen LogP contribution in [-0.2, 0) is 4.74 Å². The summed E-state index contributed by atoms with van der Waals surface area (Å²) in [6, 6.07) is 0. The van der Waals surface area contributed by atoms with E-state index < -0.39 is 0 Å². The summed E-state index contributed by atoms with van der Waals surface area (Å²) < 4.78 is 5.24. The first-order valence-corrected chi connectivity index (χ1v) is 8.10. The summed E-state index contributed by atoms with van der Waals surface area (Å²) in [6.07, 6.45) is 2.85. The van der Waals surface area contributed by atoms with Gasteiger partial charge in [-0.25, -0.2) is 0 Å². The molecule has 2 heterocycles. The van der Waals surface area contributed by atoms with Crippen molar-refractivity contribution < 1.29 is 4.74 Å². The smallest absolute Gasteiger partial charge is 0.0594 e. The van der Waals surface area contributed by atoms with E-state index in [0.29, 0.717) is 0 Å². The van der Waals surface area contributed by atoms with Crippen LogP contribution in [0.1, 0.15) is 40.5 Å². The Hall–Kier alpha value is -0.120. The average molecular weight is 270 g/mol. The van der Waals surface area contributed by atoms with Gasteiger partial charge >= 0.3 is 0 Å². The number of nitrogens with zero attached hydrogens (tertiary/aromatic N) is 2. The van der Waals surface area contributed by atoms with Crippen molar-refractivity contribution in [3.8, 4) is 0 Å². The van der Waals surface area contributed by atoms with E-state index >= 15 is 0 Å². The molecule has 0 radical (unpaired) electrons. The zero-order valence-electron chi connectivity index (χ0n) is 13.5. The first kappa shape index (κ1) is 16.9. The summed E-state index contributed by atoms with van der Waals surface area (Å²) in [7, 11) is 0. The summed E-state index contributed by atoms with van der Waals surface area (Å²) >= 11 is 0. The number of likely N-dealkylation sites (tertiary alicyclic amines) is 1. The molecule has 0 aromatic rings. The van der Waals surface area contributed by atoms with Gasteiger partial charge in [0, 0.05) is 26.2 Å². The zero-order valence-corrected chi connectivity index (χ0v) is 13.5. The van der Waals surface area contributed by atoms with Gasteiger partial charge < -0.3 is 9.64 Å². The summed E-state index contributed by atoms with van der Waals surface area (Å²) in [5.74, 6) is 1.64. The predicted octanol–water partition coefficient (Wildman–Crippen LogP) is 2.71. The quantitative estimate of drug-likeness (QED) is 0.781. The third kappa shape index (κ3) is 8.61. The molecule has 0 N–H and O–H groups in total. The third-order valence-corrected chi connectivity index (χ3v) is 3.55. The maximum absolute atomic E-state index is 5.24. The van der Waals surface area contributed by atoms with E-state index in [-0.39, 0.29) is 0 Å². The van der Waals surface area contributed by atoms with Crippen LogP contribution in [0, 0.1) is 11.8 Å². The molecule has 0 bridgehead atoms. The Morgan fingerprint density at radius 2 is 1.16 bits per heavy atom. The van der Waals surface area contributed by atoms with E-state index in [9.17, 15) is 0 Å². The monoisotopic (exact) mass is 270 g/mol. The molecule has 2 aliphatic rings. The van der Waals surface area contributed by atoms with Gasteiger partial charge in [-0.15, -0.1) is 0 Å². The van der Waals surface area contributed by atoms with Crippen molar-refractivity contribution in [3.63, 3.8) is 0 Å². The molecular weight excluding hydrogens is 236 g/mol. The standard InChI is InChI=1S/C8H17NO.C8H17N/c1-8(2)7-9-3-5-10-6-4-9;1-8(2)7-9-5-3-4-6-9/h8H,3-7H2,1-2H3;8H,3-7H2,1-2H3. The van der Waals surface area contributed by atoms with Crippen LogP contribution < -0.4 is 0 Å². The molecule has 0 atom stereocenters. The number of morpholine rings is 1. The molecule has 0 aromatic heterocycles. The molecule has 0 amide bonds. The third-order valence-electron chi connectivity index (χ3n) is 3.55. The highest BCUT2D eigenvalue weighted by atomic mass is 16.5. The summed E-state index contributed by atoms with van der Waals surface area (Å²) in [5.41, 5.74) is 0. The summed E-state index contributed by atoms with van der Waals surface area (Å²) in [5, 5.41) is 0. The minimum atomic E-state index is 0.790. The maximum atomic E-state index is 5.24. The number of hydrogen-bond acceptors (Lipinski definition) is 3. The lowest BCUT2D eigenvalue weighted by Crippen LogP contribution is -2.38. The molecule has 114 valence electrons. The Labute approximate surface area is 120 Å². The van der Waals surface area contributed by atoms with Crippen molar-refractivity contribution in [3.05, 3.63) is 0 Å². The summed E-state index contributed by atoms with van der Waals surface area (Å²) in [6.45, 7) is 18.4. The molecular formula is C16H34N2O. The zero-order chi connectivity index (χ0) is 14.1. The Bertz CT molecular complexity index is 207. The van der Waals surface area contributed by atoms with Crippen LogP contribution in [-0.4, -0.2) is 62.3 Å². The van der Waals surface area contributed by atoms with Crippen LogP contribution in [0.4, 0.5) is 0 Å². The highest BCUT2D eigenvalue weighted by Gasteiger charge is 2.11. The average Bonchev–Trinajstić information content (AvgIpc) is 2.82. The Balaban J connectivity index is 0.000000191. The lowest BCUT2D eigenvalue weighted by atomic mass is 10.2. The first-order chi connectivity index (χ1) is 9.08. The number of hydrogen-bond donors (Lipinski definition) is 0. The van der Waals surface area contributed by atoms with E-state index in [4.69, 9.17) is 4.74 Å². The largest absolute Gasteiger partial charge is 0.379 e. The van der Waals surface area contributed by atoms with Crippen molar-refractivity contribution in [2.45, 2.75) is 40.5 Å². The van der Waals surface area contributed by atoms with E-state index in [1.165, 1.54) is 39.0 Å². The van der Waals surface area contributed by atoms with Gasteiger partial charge in [0.15, 0.2) is 0 Å². The Morgan fingerprint density at radius 3 is 1.58 bits per heavy atom. The van der Waals surface area contributed by atoms with E-state index in [0.717, 1.165) is 38.1 Å². The van der Waals surface area contributed by atoms with Gasteiger partial charge in [-0.2, -0.15) is 0 Å². The molecule has 0 saturated carbocycles. The van der Waals surface area contributed by atoms with E-state index in [1.807, 2.05) is 0 Å². The van der Waals surface area contributed by atoms with E-state index in [2.05, 4.69) is 37.5 Å². The van der Waals surface area contributed by atoms with Crippen LogP contribution in [0.3, 0.4) is 0 Å². The van der Waals surface area contributed by atoms with Gasteiger partial charge in [0.05, 0.1) is 13.2 Å². The van der Waals surface area contributed by atoms with Crippen molar-refractivity contribution in [2.24, 2.45) is 11.8 Å². The van der Waals surface area contributed by atoms with Gasteiger partial charge in [-0.1, -0.05) is 27.7 Å². The molecule has 0 spiro atoms. The molecule has 2 fully saturated rings. The minimum Gasteiger partial charge on any atom is -0.379 e. The normalized spacial score (nSPS) is 21.8. The maximum Gasteiger partial charge on any atom is 0.0594 e. The molecule has 0 aliphatic carbocycles. The minimum absolute atomic E-state index is 0.790. The molecule has 3 heteroatoms. The molecule has 2 saturated heterocycles. The van der Waals surface area contributed by atoms with Gasteiger partial charge in [0.1, 0.15) is 0 Å². The summed E-state index contributed by atoms with van der Waals surface area (Å²) in [4.78, 5) is 5.03. The number of rotatable bonds is 4. The second-order valence-corrected chi connectivity index (χ2v) is 6.71.